The number of rotatable bonds is 3. The zero-order valence-corrected chi connectivity index (χ0v) is 10.6. The van der Waals surface area contributed by atoms with Gasteiger partial charge in [-0.1, -0.05) is 24.3 Å². The van der Waals surface area contributed by atoms with Crippen molar-refractivity contribution in [1.29, 1.82) is 0 Å². The Balaban J connectivity index is 2.16. The second-order valence-electron chi connectivity index (χ2n) is 3.54. The molecule has 0 radical (unpaired) electrons. The fourth-order valence-corrected chi connectivity index (χ4v) is 1.94. The van der Waals surface area contributed by atoms with Crippen molar-refractivity contribution in [2.45, 2.75) is 6.61 Å². The van der Waals surface area contributed by atoms with E-state index in [-0.39, 0.29) is 12.4 Å². The third-order valence-electron chi connectivity index (χ3n) is 2.33. The minimum absolute atomic E-state index is 0.152. The minimum atomic E-state index is -0.280. The first kappa shape index (κ1) is 11.9. The van der Waals surface area contributed by atoms with E-state index in [1.165, 1.54) is 6.07 Å². The largest absolute Gasteiger partial charge is 0.485 e. The molecule has 2 nitrogen and oxygen atoms in total. The molecule has 0 aliphatic carbocycles. The Bertz CT molecular complexity index is 510. The topological polar surface area (TPSA) is 35.2 Å². The van der Waals surface area contributed by atoms with Crippen LogP contribution in [0.25, 0.3) is 0 Å². The predicted octanol–water partition coefficient (Wildman–Crippen LogP) is 3.75. The Morgan fingerprint density at radius 1 is 1.12 bits per heavy atom. The summed E-state index contributed by atoms with van der Waals surface area (Å²) in [6, 6.07) is 11.9. The van der Waals surface area contributed by atoms with Crippen molar-refractivity contribution in [3.05, 3.63) is 58.3 Å². The van der Waals surface area contributed by atoms with Crippen LogP contribution in [0.4, 0.5) is 10.1 Å². The van der Waals surface area contributed by atoms with Gasteiger partial charge in [-0.05, 0) is 34.1 Å². The van der Waals surface area contributed by atoms with Crippen LogP contribution in [0.3, 0.4) is 0 Å². The summed E-state index contributed by atoms with van der Waals surface area (Å²) in [5, 5.41) is 0. The molecule has 0 spiro atoms. The molecular formula is C13H11BrFNO. The lowest BCUT2D eigenvalue weighted by molar-refractivity contribution is 0.299. The smallest absolute Gasteiger partial charge is 0.156 e. The highest BCUT2D eigenvalue weighted by Crippen LogP contribution is 2.31. The van der Waals surface area contributed by atoms with Gasteiger partial charge in [0, 0.05) is 5.56 Å². The first-order valence-electron chi connectivity index (χ1n) is 5.08. The number of hydrogen-bond donors (Lipinski definition) is 1. The van der Waals surface area contributed by atoms with Gasteiger partial charge in [0.05, 0.1) is 10.2 Å². The molecule has 17 heavy (non-hydrogen) atoms. The van der Waals surface area contributed by atoms with Crippen LogP contribution in [-0.4, -0.2) is 0 Å². The van der Waals surface area contributed by atoms with Gasteiger partial charge in [0.25, 0.3) is 0 Å². The summed E-state index contributed by atoms with van der Waals surface area (Å²) in [7, 11) is 0. The number of hydrogen-bond acceptors (Lipinski definition) is 2. The van der Waals surface area contributed by atoms with Crippen molar-refractivity contribution < 1.29 is 9.13 Å². The van der Waals surface area contributed by atoms with E-state index in [4.69, 9.17) is 10.5 Å². The fraction of sp³-hybridized carbons (Fsp3) is 0.0769. The lowest BCUT2D eigenvalue weighted by Gasteiger charge is -2.11. The third-order valence-corrected chi connectivity index (χ3v) is 2.95. The summed E-state index contributed by atoms with van der Waals surface area (Å²) >= 11 is 3.34. The molecule has 0 aromatic heterocycles. The van der Waals surface area contributed by atoms with Crippen LogP contribution in [0.5, 0.6) is 5.75 Å². The third kappa shape index (κ3) is 2.77. The van der Waals surface area contributed by atoms with Gasteiger partial charge in [0.2, 0.25) is 0 Å². The maximum atomic E-state index is 13.4. The first-order chi connectivity index (χ1) is 8.18. The lowest BCUT2D eigenvalue weighted by atomic mass is 10.2. The van der Waals surface area contributed by atoms with Gasteiger partial charge >= 0.3 is 0 Å². The van der Waals surface area contributed by atoms with Crippen LogP contribution in [-0.2, 0) is 6.61 Å². The molecule has 2 aromatic rings. The Labute approximate surface area is 107 Å². The van der Waals surface area contributed by atoms with E-state index in [2.05, 4.69) is 15.9 Å². The minimum Gasteiger partial charge on any atom is -0.485 e. The van der Waals surface area contributed by atoms with Gasteiger partial charge < -0.3 is 10.5 Å². The Morgan fingerprint density at radius 3 is 2.59 bits per heavy atom. The van der Waals surface area contributed by atoms with Gasteiger partial charge in [0.15, 0.2) is 5.75 Å². The maximum absolute atomic E-state index is 13.4. The van der Waals surface area contributed by atoms with E-state index in [9.17, 15) is 4.39 Å². The van der Waals surface area contributed by atoms with E-state index >= 15 is 0 Å². The lowest BCUT2D eigenvalue weighted by Crippen LogP contribution is -2.01. The molecule has 0 saturated carbocycles. The second-order valence-corrected chi connectivity index (χ2v) is 4.39. The number of ether oxygens (including phenoxy) is 1. The summed E-state index contributed by atoms with van der Waals surface area (Å²) in [6.07, 6.45) is 0. The molecule has 2 aromatic carbocycles. The number of benzene rings is 2. The summed E-state index contributed by atoms with van der Waals surface area (Å²) < 4.78 is 19.7. The van der Waals surface area contributed by atoms with Crippen molar-refractivity contribution in [3.63, 3.8) is 0 Å². The van der Waals surface area contributed by atoms with Gasteiger partial charge in [-0.2, -0.15) is 0 Å². The summed E-state index contributed by atoms with van der Waals surface area (Å²) in [5.41, 5.74) is 6.80. The molecule has 0 bridgehead atoms. The van der Waals surface area contributed by atoms with Gasteiger partial charge in [-0.3, -0.25) is 0 Å². The molecule has 2 rings (SSSR count). The Morgan fingerprint density at radius 2 is 1.88 bits per heavy atom. The molecule has 4 heteroatoms. The molecule has 0 amide bonds. The van der Waals surface area contributed by atoms with Crippen molar-refractivity contribution in [1.82, 2.24) is 0 Å². The van der Waals surface area contributed by atoms with Crippen molar-refractivity contribution >= 4 is 21.6 Å². The first-order valence-corrected chi connectivity index (χ1v) is 5.88. The van der Waals surface area contributed by atoms with Gasteiger partial charge in [-0.15, -0.1) is 0 Å². The van der Waals surface area contributed by atoms with E-state index in [1.54, 1.807) is 24.3 Å². The molecule has 0 unspecified atom stereocenters. The maximum Gasteiger partial charge on any atom is 0.156 e. The molecule has 0 aliphatic rings. The highest BCUT2D eigenvalue weighted by atomic mass is 79.9. The van der Waals surface area contributed by atoms with Crippen LogP contribution < -0.4 is 10.5 Å². The van der Waals surface area contributed by atoms with E-state index < -0.39 is 0 Å². The van der Waals surface area contributed by atoms with Crippen LogP contribution in [0.1, 0.15) is 5.56 Å². The molecule has 0 heterocycles. The van der Waals surface area contributed by atoms with E-state index in [0.29, 0.717) is 17.0 Å². The van der Waals surface area contributed by atoms with Crippen molar-refractivity contribution in [2.24, 2.45) is 0 Å². The quantitative estimate of drug-likeness (QED) is 0.875. The number of nitrogen functional groups attached to an aromatic ring is 1. The molecule has 88 valence electrons. The molecule has 0 aliphatic heterocycles. The van der Waals surface area contributed by atoms with E-state index in [0.717, 1.165) is 4.47 Å². The predicted molar refractivity (Wildman–Crippen MR) is 69.3 cm³/mol. The standard InChI is InChI=1S/C13H11BrFNO/c14-10-5-3-7-12(16)13(10)17-8-9-4-1-2-6-11(9)15/h1-7H,8,16H2. The van der Waals surface area contributed by atoms with Crippen molar-refractivity contribution in [3.8, 4) is 5.75 Å². The van der Waals surface area contributed by atoms with Crippen LogP contribution in [0.2, 0.25) is 0 Å². The van der Waals surface area contributed by atoms with E-state index in [1.807, 2.05) is 12.1 Å². The number of anilines is 1. The van der Waals surface area contributed by atoms with Crippen LogP contribution in [0.15, 0.2) is 46.9 Å². The molecule has 0 atom stereocenters. The zero-order chi connectivity index (χ0) is 12.3. The molecule has 0 fully saturated rings. The average Bonchev–Trinajstić information content (AvgIpc) is 2.30. The summed E-state index contributed by atoms with van der Waals surface area (Å²) in [6.45, 7) is 0.152. The van der Waals surface area contributed by atoms with Gasteiger partial charge in [0.1, 0.15) is 12.4 Å². The van der Waals surface area contributed by atoms with Crippen molar-refractivity contribution in [2.75, 3.05) is 5.73 Å². The number of para-hydroxylation sites is 1. The highest BCUT2D eigenvalue weighted by Gasteiger charge is 2.07. The monoisotopic (exact) mass is 295 g/mol. The Kier molecular flexibility index (Phi) is 3.64. The fourth-order valence-electron chi connectivity index (χ4n) is 1.44. The molecule has 2 N–H and O–H groups in total. The molecular weight excluding hydrogens is 285 g/mol. The zero-order valence-electron chi connectivity index (χ0n) is 8.99. The number of nitrogens with two attached hydrogens (primary N) is 1. The van der Waals surface area contributed by atoms with Gasteiger partial charge in [-0.25, -0.2) is 4.39 Å². The normalized spacial score (nSPS) is 10.2. The summed E-state index contributed by atoms with van der Waals surface area (Å²) in [4.78, 5) is 0. The highest BCUT2D eigenvalue weighted by molar-refractivity contribution is 9.10. The Hall–Kier alpha value is -1.55. The number of halogens is 2. The van der Waals surface area contributed by atoms with Crippen LogP contribution >= 0.6 is 15.9 Å². The molecule has 0 saturated heterocycles. The van der Waals surface area contributed by atoms with Crippen LogP contribution in [0, 0.1) is 5.82 Å². The SMILES string of the molecule is Nc1cccc(Br)c1OCc1ccccc1F. The average molecular weight is 296 g/mol. The second kappa shape index (κ2) is 5.19. The summed E-state index contributed by atoms with van der Waals surface area (Å²) in [5.74, 6) is 0.258.